The number of aromatic nitrogens is 2. The number of imidazole rings is 1. The molecule has 0 bridgehead atoms. The molecule has 1 atom stereocenters. The van der Waals surface area contributed by atoms with E-state index in [4.69, 9.17) is 9.47 Å². The molecule has 2 aromatic heterocycles. The lowest BCUT2D eigenvalue weighted by Gasteiger charge is -2.12. The Morgan fingerprint density at radius 2 is 2.52 bits per heavy atom. The minimum Gasteiger partial charge on any atom is -0.379 e. The fraction of sp³-hybridized carbons (Fsp3) is 0.600. The van der Waals surface area contributed by atoms with Gasteiger partial charge in [0.2, 0.25) is 0 Å². The second kappa shape index (κ2) is 8.28. The highest BCUT2D eigenvalue weighted by molar-refractivity contribution is 7.15. The van der Waals surface area contributed by atoms with Crippen LogP contribution < -0.4 is 10.6 Å². The maximum atomic E-state index is 5.74. The standard InChI is InChI=1S/C15H23N5O2S/c1-16-14(17-4-2-6-22-13-3-7-21-11-13)18-9-12-10-20-5-8-23-15(20)19-12/h5,8,10,13H,2-4,6-7,9,11H2,1H3,(H2,16,17,18). The van der Waals surface area contributed by atoms with Gasteiger partial charge in [0.15, 0.2) is 10.9 Å². The van der Waals surface area contributed by atoms with Crippen LogP contribution in [0.2, 0.25) is 0 Å². The molecule has 2 aromatic rings. The summed E-state index contributed by atoms with van der Waals surface area (Å²) in [5.41, 5.74) is 1.00. The Labute approximate surface area is 139 Å². The Morgan fingerprint density at radius 1 is 1.57 bits per heavy atom. The van der Waals surface area contributed by atoms with Gasteiger partial charge in [-0.15, -0.1) is 11.3 Å². The summed E-state index contributed by atoms with van der Waals surface area (Å²) in [6.07, 6.45) is 6.28. The number of hydrogen-bond donors (Lipinski definition) is 2. The lowest BCUT2D eigenvalue weighted by atomic mass is 10.3. The van der Waals surface area contributed by atoms with Gasteiger partial charge in [-0.2, -0.15) is 0 Å². The van der Waals surface area contributed by atoms with E-state index in [0.29, 0.717) is 6.54 Å². The van der Waals surface area contributed by atoms with Crippen molar-refractivity contribution in [2.24, 2.45) is 4.99 Å². The van der Waals surface area contributed by atoms with Gasteiger partial charge in [-0.25, -0.2) is 4.98 Å². The summed E-state index contributed by atoms with van der Waals surface area (Å²) in [5.74, 6) is 0.783. The summed E-state index contributed by atoms with van der Waals surface area (Å²) < 4.78 is 13.0. The largest absolute Gasteiger partial charge is 0.379 e. The number of hydrogen-bond acceptors (Lipinski definition) is 5. The summed E-state index contributed by atoms with van der Waals surface area (Å²) in [6.45, 7) is 3.79. The third kappa shape index (κ3) is 4.66. The van der Waals surface area contributed by atoms with Gasteiger partial charge in [-0.05, 0) is 12.8 Å². The third-order valence-electron chi connectivity index (χ3n) is 3.66. The number of fused-ring (bicyclic) bond motifs is 1. The molecule has 0 aromatic carbocycles. The van der Waals surface area contributed by atoms with Gasteiger partial charge in [-0.1, -0.05) is 0 Å². The molecule has 7 nitrogen and oxygen atoms in total. The van der Waals surface area contributed by atoms with Gasteiger partial charge in [0.25, 0.3) is 0 Å². The molecule has 8 heteroatoms. The van der Waals surface area contributed by atoms with Gasteiger partial charge >= 0.3 is 0 Å². The second-order valence-electron chi connectivity index (χ2n) is 5.39. The first-order valence-corrected chi connectivity index (χ1v) is 8.78. The van der Waals surface area contributed by atoms with Gasteiger partial charge in [-0.3, -0.25) is 9.39 Å². The zero-order valence-corrected chi connectivity index (χ0v) is 14.1. The van der Waals surface area contributed by atoms with Crippen LogP contribution in [0, 0.1) is 0 Å². The smallest absolute Gasteiger partial charge is 0.193 e. The van der Waals surface area contributed by atoms with Crippen LogP contribution in [0.15, 0.2) is 22.8 Å². The van der Waals surface area contributed by atoms with Crippen molar-refractivity contribution >= 4 is 22.3 Å². The van der Waals surface area contributed by atoms with E-state index in [-0.39, 0.29) is 6.10 Å². The van der Waals surface area contributed by atoms with Crippen LogP contribution in [-0.4, -0.2) is 54.9 Å². The molecule has 0 amide bonds. The van der Waals surface area contributed by atoms with Crippen molar-refractivity contribution in [3.8, 4) is 0 Å². The van der Waals surface area contributed by atoms with Gasteiger partial charge in [0.1, 0.15) is 0 Å². The summed E-state index contributed by atoms with van der Waals surface area (Å²) in [6, 6.07) is 0. The molecule has 0 saturated carbocycles. The van der Waals surface area contributed by atoms with Crippen molar-refractivity contribution in [3.63, 3.8) is 0 Å². The average Bonchev–Trinajstić information content (AvgIpc) is 3.26. The van der Waals surface area contributed by atoms with E-state index in [2.05, 4.69) is 20.6 Å². The highest BCUT2D eigenvalue weighted by Gasteiger charge is 2.15. The van der Waals surface area contributed by atoms with E-state index in [1.54, 1.807) is 18.4 Å². The van der Waals surface area contributed by atoms with Crippen molar-refractivity contribution in [2.75, 3.05) is 33.4 Å². The van der Waals surface area contributed by atoms with Crippen molar-refractivity contribution < 1.29 is 9.47 Å². The monoisotopic (exact) mass is 337 g/mol. The van der Waals surface area contributed by atoms with Crippen LogP contribution in [0.5, 0.6) is 0 Å². The summed E-state index contributed by atoms with van der Waals surface area (Å²) in [4.78, 5) is 9.77. The van der Waals surface area contributed by atoms with Crippen LogP contribution in [0.25, 0.3) is 4.96 Å². The van der Waals surface area contributed by atoms with Crippen molar-refractivity contribution in [1.29, 1.82) is 0 Å². The van der Waals surface area contributed by atoms with E-state index in [1.807, 2.05) is 22.2 Å². The van der Waals surface area contributed by atoms with Crippen LogP contribution in [0.4, 0.5) is 0 Å². The molecule has 1 fully saturated rings. The number of aliphatic imine (C=N–C) groups is 1. The zero-order valence-electron chi connectivity index (χ0n) is 13.3. The molecule has 1 aliphatic rings. The number of ether oxygens (including phenoxy) is 2. The van der Waals surface area contributed by atoms with Crippen molar-refractivity contribution in [2.45, 2.75) is 25.5 Å². The number of nitrogens with one attached hydrogen (secondary N) is 2. The second-order valence-corrected chi connectivity index (χ2v) is 6.26. The molecule has 2 N–H and O–H groups in total. The highest BCUT2D eigenvalue weighted by Crippen LogP contribution is 2.11. The van der Waals surface area contributed by atoms with Crippen molar-refractivity contribution in [1.82, 2.24) is 20.0 Å². The molecule has 126 valence electrons. The van der Waals surface area contributed by atoms with Gasteiger partial charge < -0.3 is 20.1 Å². The number of rotatable bonds is 7. The maximum Gasteiger partial charge on any atom is 0.193 e. The molecule has 1 saturated heterocycles. The van der Waals surface area contributed by atoms with Crippen LogP contribution in [0.3, 0.4) is 0 Å². The first-order chi connectivity index (χ1) is 11.3. The Balaban J connectivity index is 1.32. The summed E-state index contributed by atoms with van der Waals surface area (Å²) >= 11 is 1.63. The quantitative estimate of drug-likeness (QED) is 0.452. The molecule has 0 aliphatic carbocycles. The predicted molar refractivity (Wildman–Crippen MR) is 91.1 cm³/mol. The van der Waals surface area contributed by atoms with E-state index in [9.17, 15) is 0 Å². The Kier molecular flexibility index (Phi) is 5.84. The summed E-state index contributed by atoms with van der Waals surface area (Å²) in [7, 11) is 1.77. The normalized spacial score (nSPS) is 18.7. The Bertz CT molecular complexity index is 604. The minimum absolute atomic E-state index is 0.280. The van der Waals surface area contributed by atoms with Crippen LogP contribution in [0.1, 0.15) is 18.5 Å². The number of guanidine groups is 1. The van der Waals surface area contributed by atoms with Crippen LogP contribution >= 0.6 is 11.3 Å². The molecule has 0 radical (unpaired) electrons. The topological polar surface area (TPSA) is 72.2 Å². The van der Waals surface area contributed by atoms with Gasteiger partial charge in [0, 0.05) is 44.6 Å². The number of thiazole rings is 1. The maximum absolute atomic E-state index is 5.74. The first kappa shape index (κ1) is 16.2. The van der Waals surface area contributed by atoms with E-state index >= 15 is 0 Å². The molecule has 1 aliphatic heterocycles. The van der Waals surface area contributed by atoms with E-state index < -0.39 is 0 Å². The lowest BCUT2D eigenvalue weighted by Crippen LogP contribution is -2.37. The molecule has 3 rings (SSSR count). The van der Waals surface area contributed by atoms with E-state index in [1.165, 1.54) is 0 Å². The molecule has 23 heavy (non-hydrogen) atoms. The van der Waals surface area contributed by atoms with Crippen LogP contribution in [-0.2, 0) is 16.0 Å². The molecule has 3 heterocycles. The SMILES string of the molecule is CN=C(NCCCOC1CCOC1)NCc1cn2ccsc2n1. The third-order valence-corrected chi connectivity index (χ3v) is 4.43. The fourth-order valence-corrected chi connectivity index (χ4v) is 3.15. The summed E-state index contributed by atoms with van der Waals surface area (Å²) in [5, 5.41) is 8.59. The molecular weight excluding hydrogens is 314 g/mol. The fourth-order valence-electron chi connectivity index (χ4n) is 2.43. The lowest BCUT2D eigenvalue weighted by molar-refractivity contribution is 0.0420. The molecular formula is C15H23N5O2S. The minimum atomic E-state index is 0.280. The Hall–Kier alpha value is -1.64. The first-order valence-electron chi connectivity index (χ1n) is 7.90. The highest BCUT2D eigenvalue weighted by atomic mass is 32.1. The molecule has 1 unspecified atom stereocenters. The van der Waals surface area contributed by atoms with Gasteiger partial charge in [0.05, 0.1) is 24.9 Å². The Morgan fingerprint density at radius 3 is 3.30 bits per heavy atom. The predicted octanol–water partition coefficient (Wildman–Crippen LogP) is 1.26. The number of nitrogens with zero attached hydrogens (tertiary/aromatic N) is 3. The zero-order chi connectivity index (χ0) is 15.9. The van der Waals surface area contributed by atoms with Crippen molar-refractivity contribution in [3.05, 3.63) is 23.5 Å². The van der Waals surface area contributed by atoms with E-state index in [0.717, 1.165) is 55.8 Å². The average molecular weight is 337 g/mol. The molecule has 0 spiro atoms.